The number of hydrogen-bond donors (Lipinski definition) is 2. The van der Waals surface area contributed by atoms with Crippen molar-refractivity contribution in [3.05, 3.63) is 35.9 Å². The standard InChI is InChI=1S/C32H46O6/c1-19(10-13-28(35)37-4)23-11-12-24-29-25(31(2)15-14-22(33)16-21(31)17-26(29)34)18-27(32(23,24)3)38-30(36)20-8-6-5-7-9-20/h5-9,19,21-27,29,33-34H,10-18H2,1-4H3/t19-,21+,22-,23-,24+,25+,26-,27+,29+,31+,32-/m1/s1/i16+1,22+1. The van der Waals surface area contributed by atoms with Crippen molar-refractivity contribution in [2.45, 2.75) is 96.9 Å². The second kappa shape index (κ2) is 10.6. The number of aliphatic hydroxyl groups excluding tert-OH is 2. The lowest BCUT2D eigenvalue weighted by Gasteiger charge is -2.63. The number of benzene rings is 1. The minimum Gasteiger partial charge on any atom is -0.469 e. The second-order valence-corrected chi connectivity index (χ2v) is 13.4. The highest BCUT2D eigenvalue weighted by Gasteiger charge is 2.66. The molecule has 0 radical (unpaired) electrons. The van der Waals surface area contributed by atoms with E-state index in [4.69, 9.17) is 9.47 Å². The van der Waals surface area contributed by atoms with Gasteiger partial charge in [-0.3, -0.25) is 4.79 Å². The maximum absolute atomic E-state index is 13.4. The van der Waals surface area contributed by atoms with E-state index in [0.717, 1.165) is 51.4 Å². The molecule has 0 saturated heterocycles. The van der Waals surface area contributed by atoms with Gasteiger partial charge in [0.05, 0.1) is 24.9 Å². The van der Waals surface area contributed by atoms with Crippen LogP contribution in [0.25, 0.3) is 0 Å². The number of ether oxygens (including phenoxy) is 2. The zero-order valence-corrected chi connectivity index (χ0v) is 23.5. The van der Waals surface area contributed by atoms with Gasteiger partial charge in [0.1, 0.15) is 6.10 Å². The van der Waals surface area contributed by atoms with Gasteiger partial charge in [0.2, 0.25) is 0 Å². The van der Waals surface area contributed by atoms with Crippen molar-refractivity contribution in [1.82, 2.24) is 0 Å². The second-order valence-electron chi connectivity index (χ2n) is 13.4. The zero-order chi connectivity index (χ0) is 27.2. The third-order valence-electron chi connectivity index (χ3n) is 11.8. The highest BCUT2D eigenvalue weighted by molar-refractivity contribution is 5.89. The third kappa shape index (κ3) is 4.60. The van der Waals surface area contributed by atoms with Crippen LogP contribution in [0, 0.1) is 46.3 Å². The number of hydrogen-bond acceptors (Lipinski definition) is 6. The van der Waals surface area contributed by atoms with E-state index >= 15 is 0 Å². The Bertz CT molecular complexity index is 1010. The minimum absolute atomic E-state index is 0.0243. The Morgan fingerprint density at radius 3 is 2.47 bits per heavy atom. The summed E-state index contributed by atoms with van der Waals surface area (Å²) in [6, 6.07) is 9.24. The van der Waals surface area contributed by atoms with E-state index in [-0.39, 0.29) is 70.5 Å². The normalized spacial score (nSPS) is 42.8. The Morgan fingerprint density at radius 1 is 1.03 bits per heavy atom. The van der Waals surface area contributed by atoms with Crippen LogP contribution in [0.4, 0.5) is 0 Å². The molecule has 4 aliphatic carbocycles. The van der Waals surface area contributed by atoms with Gasteiger partial charge in [0, 0.05) is 11.8 Å². The average Bonchev–Trinajstić information content (AvgIpc) is 3.27. The van der Waals surface area contributed by atoms with E-state index in [2.05, 4.69) is 20.8 Å². The molecule has 0 heterocycles. The van der Waals surface area contributed by atoms with Crippen LogP contribution >= 0.6 is 0 Å². The first kappa shape index (κ1) is 27.6. The number of methoxy groups -OCH3 is 1. The van der Waals surface area contributed by atoms with E-state index in [1.165, 1.54) is 7.11 Å². The maximum atomic E-state index is 13.4. The summed E-state index contributed by atoms with van der Waals surface area (Å²) in [7, 11) is 1.43. The van der Waals surface area contributed by atoms with Crippen LogP contribution in [0.2, 0.25) is 0 Å². The molecular formula is C32H46O6. The number of fused-ring (bicyclic) bond motifs is 5. The molecule has 4 fully saturated rings. The van der Waals surface area contributed by atoms with Gasteiger partial charge in [-0.2, -0.15) is 0 Å². The summed E-state index contributed by atoms with van der Waals surface area (Å²) in [6.07, 6.45) is 6.20. The van der Waals surface area contributed by atoms with Crippen LogP contribution in [0.5, 0.6) is 0 Å². The fourth-order valence-corrected chi connectivity index (χ4v) is 9.70. The number of carbonyl (C=O) groups excluding carboxylic acids is 2. The van der Waals surface area contributed by atoms with Crippen molar-refractivity contribution < 1.29 is 29.3 Å². The van der Waals surface area contributed by atoms with E-state index in [0.29, 0.717) is 12.0 Å². The summed E-state index contributed by atoms with van der Waals surface area (Å²) in [5.41, 5.74) is 0.312. The summed E-state index contributed by atoms with van der Waals surface area (Å²) >= 11 is 0. The molecule has 1 aromatic carbocycles. The van der Waals surface area contributed by atoms with E-state index in [9.17, 15) is 19.8 Å². The first-order valence-corrected chi connectivity index (χ1v) is 14.8. The highest BCUT2D eigenvalue weighted by atomic mass is 16.5. The molecule has 11 atom stereocenters. The van der Waals surface area contributed by atoms with Crippen LogP contribution in [0.15, 0.2) is 30.3 Å². The Labute approximate surface area is 227 Å². The molecule has 6 nitrogen and oxygen atoms in total. The molecule has 4 saturated carbocycles. The summed E-state index contributed by atoms with van der Waals surface area (Å²) < 4.78 is 11.4. The van der Waals surface area contributed by atoms with E-state index in [1.807, 2.05) is 30.3 Å². The van der Waals surface area contributed by atoms with Crippen molar-refractivity contribution >= 4 is 11.9 Å². The lowest BCUT2D eigenvalue weighted by molar-refractivity contribution is -0.207. The molecule has 6 heteroatoms. The van der Waals surface area contributed by atoms with Crippen molar-refractivity contribution in [1.29, 1.82) is 0 Å². The van der Waals surface area contributed by atoms with Crippen LogP contribution in [-0.4, -0.2) is 47.6 Å². The lowest BCUT2D eigenvalue weighted by Crippen LogP contribution is -2.63. The molecule has 0 amide bonds. The van der Waals surface area contributed by atoms with Gasteiger partial charge >= 0.3 is 11.9 Å². The Kier molecular flexibility index (Phi) is 7.69. The fourth-order valence-electron chi connectivity index (χ4n) is 9.70. The van der Waals surface area contributed by atoms with Crippen molar-refractivity contribution in [2.75, 3.05) is 7.11 Å². The number of carbonyl (C=O) groups is 2. The quantitative estimate of drug-likeness (QED) is 0.379. The number of rotatable bonds is 6. The first-order chi connectivity index (χ1) is 18.1. The maximum Gasteiger partial charge on any atom is 0.338 e. The van der Waals surface area contributed by atoms with E-state index in [1.54, 1.807) is 0 Å². The van der Waals surface area contributed by atoms with Gasteiger partial charge in [-0.05, 0) is 104 Å². The van der Waals surface area contributed by atoms with Gasteiger partial charge in [-0.1, -0.05) is 39.0 Å². The molecular weight excluding hydrogens is 482 g/mol. The number of esters is 2. The van der Waals surface area contributed by atoms with Crippen molar-refractivity contribution in [2.24, 2.45) is 46.3 Å². The summed E-state index contributed by atoms with van der Waals surface area (Å²) in [5, 5.41) is 22.1. The van der Waals surface area contributed by atoms with Crippen molar-refractivity contribution in [3.8, 4) is 0 Å². The monoisotopic (exact) mass is 528 g/mol. The Balaban J connectivity index is 1.49. The van der Waals surface area contributed by atoms with Crippen LogP contribution in [0.1, 0.15) is 88.9 Å². The van der Waals surface area contributed by atoms with Gasteiger partial charge in [0.25, 0.3) is 0 Å². The summed E-state index contributed by atoms with van der Waals surface area (Å²) in [6.45, 7) is 6.90. The molecule has 210 valence electrons. The molecule has 0 aromatic heterocycles. The molecule has 2 N–H and O–H groups in total. The smallest absolute Gasteiger partial charge is 0.338 e. The molecule has 4 aliphatic rings. The topological polar surface area (TPSA) is 93.1 Å². The Hall–Kier alpha value is -1.92. The summed E-state index contributed by atoms with van der Waals surface area (Å²) in [4.78, 5) is 25.4. The predicted octanol–water partition coefficient (Wildman–Crippen LogP) is 5.40. The predicted molar refractivity (Wildman–Crippen MR) is 144 cm³/mol. The minimum atomic E-state index is -0.400. The van der Waals surface area contributed by atoms with Crippen LogP contribution in [0.3, 0.4) is 0 Å². The SMILES string of the molecule is COC(=O)CC[C@@H](C)[C@H]1CC[C@H]2[C@@H]3[C@H](O)C[C@@H]4[13CH2][13C@H](O)CC[C@]4(C)[C@H]3C[C@H](OC(=O)c3ccccc3)[C@]12C. The van der Waals surface area contributed by atoms with Gasteiger partial charge in [0.15, 0.2) is 0 Å². The molecule has 0 spiro atoms. The number of aliphatic hydroxyl groups is 2. The van der Waals surface area contributed by atoms with Crippen LogP contribution < -0.4 is 0 Å². The molecule has 38 heavy (non-hydrogen) atoms. The lowest BCUT2D eigenvalue weighted by atomic mass is 9.44. The molecule has 1 aromatic rings. The van der Waals surface area contributed by atoms with E-state index < -0.39 is 6.10 Å². The Morgan fingerprint density at radius 2 is 1.76 bits per heavy atom. The molecule has 0 aliphatic heterocycles. The summed E-state index contributed by atoms with van der Waals surface area (Å²) in [5.74, 6) is 1.05. The third-order valence-corrected chi connectivity index (χ3v) is 11.8. The molecule has 0 bridgehead atoms. The van der Waals surface area contributed by atoms with Gasteiger partial charge < -0.3 is 19.7 Å². The highest BCUT2D eigenvalue weighted by Crippen LogP contribution is 2.69. The van der Waals surface area contributed by atoms with Crippen molar-refractivity contribution in [3.63, 3.8) is 0 Å². The largest absolute Gasteiger partial charge is 0.469 e. The van der Waals surface area contributed by atoms with Crippen LogP contribution in [-0.2, 0) is 14.3 Å². The fraction of sp³-hybridized carbons (Fsp3) is 0.750. The average molecular weight is 529 g/mol. The zero-order valence-electron chi connectivity index (χ0n) is 23.5. The molecule has 0 unspecified atom stereocenters. The molecule has 5 rings (SSSR count). The van der Waals surface area contributed by atoms with Gasteiger partial charge in [-0.15, -0.1) is 0 Å². The first-order valence-electron chi connectivity index (χ1n) is 14.8. The van der Waals surface area contributed by atoms with Gasteiger partial charge in [-0.25, -0.2) is 4.79 Å².